The van der Waals surface area contributed by atoms with Gasteiger partial charge in [-0.05, 0) is 31.0 Å². The van der Waals surface area contributed by atoms with E-state index in [9.17, 15) is 4.79 Å². The van der Waals surface area contributed by atoms with E-state index >= 15 is 0 Å². The molecule has 0 atom stereocenters. The van der Waals surface area contributed by atoms with Crippen LogP contribution in [-0.4, -0.2) is 12.4 Å². The zero-order valence-corrected chi connectivity index (χ0v) is 7.75. The fourth-order valence-corrected chi connectivity index (χ4v) is 1.28. The Labute approximate surface area is 81.5 Å². The first kappa shape index (κ1) is 8.57. The summed E-state index contributed by atoms with van der Waals surface area (Å²) in [6, 6.07) is 5.06. The second-order valence-corrected chi connectivity index (χ2v) is 3.53. The molecule has 1 fully saturated rings. The van der Waals surface area contributed by atoms with Gasteiger partial charge in [0.2, 0.25) is 0 Å². The standard InChI is InChI=1S/C10H9ClO2/c11-9-5-7(6-12)1-4-10(9)13-8-2-3-8/h1,4-6,8H,2-3H2. The molecule has 0 aliphatic heterocycles. The molecule has 1 saturated carbocycles. The topological polar surface area (TPSA) is 26.3 Å². The van der Waals surface area contributed by atoms with Crippen LogP contribution >= 0.6 is 11.6 Å². The van der Waals surface area contributed by atoms with Crippen LogP contribution in [0.5, 0.6) is 5.75 Å². The molecule has 2 nitrogen and oxygen atoms in total. The summed E-state index contributed by atoms with van der Waals surface area (Å²) in [4.78, 5) is 10.4. The Balaban J connectivity index is 2.20. The average molecular weight is 197 g/mol. The van der Waals surface area contributed by atoms with Gasteiger partial charge < -0.3 is 4.74 Å². The molecule has 0 spiro atoms. The maximum Gasteiger partial charge on any atom is 0.150 e. The summed E-state index contributed by atoms with van der Waals surface area (Å²) < 4.78 is 5.51. The zero-order valence-electron chi connectivity index (χ0n) is 7.00. The molecule has 0 aromatic heterocycles. The molecule has 1 aromatic rings. The highest BCUT2D eigenvalue weighted by atomic mass is 35.5. The Morgan fingerprint density at radius 3 is 2.77 bits per heavy atom. The molecule has 13 heavy (non-hydrogen) atoms. The van der Waals surface area contributed by atoms with Crippen LogP contribution in [0.2, 0.25) is 5.02 Å². The van der Waals surface area contributed by atoms with Crippen LogP contribution in [0.1, 0.15) is 23.2 Å². The van der Waals surface area contributed by atoms with Gasteiger partial charge in [-0.15, -0.1) is 0 Å². The first-order valence-electron chi connectivity index (χ1n) is 4.21. The lowest BCUT2D eigenvalue weighted by atomic mass is 10.2. The smallest absolute Gasteiger partial charge is 0.150 e. The predicted octanol–water partition coefficient (Wildman–Crippen LogP) is 2.69. The Morgan fingerprint density at radius 1 is 1.46 bits per heavy atom. The van der Waals surface area contributed by atoms with Crippen molar-refractivity contribution in [1.82, 2.24) is 0 Å². The highest BCUT2D eigenvalue weighted by Gasteiger charge is 2.24. The molecule has 1 aromatic carbocycles. The molecule has 0 bridgehead atoms. The van der Waals surface area contributed by atoms with E-state index in [4.69, 9.17) is 16.3 Å². The van der Waals surface area contributed by atoms with Crippen LogP contribution in [0.15, 0.2) is 18.2 Å². The third-order valence-electron chi connectivity index (χ3n) is 1.91. The maximum atomic E-state index is 10.4. The van der Waals surface area contributed by atoms with Crippen molar-refractivity contribution >= 4 is 17.9 Å². The Hall–Kier alpha value is -1.02. The third-order valence-corrected chi connectivity index (χ3v) is 2.21. The predicted molar refractivity (Wildman–Crippen MR) is 50.5 cm³/mol. The van der Waals surface area contributed by atoms with Crippen LogP contribution in [0.25, 0.3) is 0 Å². The second-order valence-electron chi connectivity index (χ2n) is 3.12. The minimum absolute atomic E-state index is 0.333. The summed E-state index contributed by atoms with van der Waals surface area (Å²) in [7, 11) is 0. The van der Waals surface area contributed by atoms with Crippen molar-refractivity contribution in [3.63, 3.8) is 0 Å². The quantitative estimate of drug-likeness (QED) is 0.695. The molecule has 0 saturated heterocycles. The van der Waals surface area contributed by atoms with Gasteiger partial charge in [0.05, 0.1) is 11.1 Å². The fourth-order valence-electron chi connectivity index (χ4n) is 1.05. The molecule has 68 valence electrons. The monoisotopic (exact) mass is 196 g/mol. The number of hydrogen-bond acceptors (Lipinski definition) is 2. The van der Waals surface area contributed by atoms with Crippen LogP contribution in [-0.2, 0) is 0 Å². The lowest BCUT2D eigenvalue weighted by molar-refractivity contribution is 0.112. The lowest BCUT2D eigenvalue weighted by Crippen LogP contribution is -1.96. The van der Waals surface area contributed by atoms with Gasteiger partial charge in [0.15, 0.2) is 0 Å². The van der Waals surface area contributed by atoms with E-state index in [0.717, 1.165) is 19.1 Å². The van der Waals surface area contributed by atoms with Gasteiger partial charge in [0.25, 0.3) is 0 Å². The second kappa shape index (κ2) is 3.38. The molecule has 1 aliphatic carbocycles. The SMILES string of the molecule is O=Cc1ccc(OC2CC2)c(Cl)c1. The van der Waals surface area contributed by atoms with Crippen molar-refractivity contribution in [2.45, 2.75) is 18.9 Å². The third kappa shape index (κ3) is 2.01. The van der Waals surface area contributed by atoms with Gasteiger partial charge in [-0.3, -0.25) is 4.79 Å². The fraction of sp³-hybridized carbons (Fsp3) is 0.300. The number of ether oxygens (including phenoxy) is 1. The lowest BCUT2D eigenvalue weighted by Gasteiger charge is -2.05. The maximum absolute atomic E-state index is 10.4. The van der Waals surface area contributed by atoms with Crippen molar-refractivity contribution in [1.29, 1.82) is 0 Å². The van der Waals surface area contributed by atoms with Gasteiger partial charge in [-0.2, -0.15) is 0 Å². The van der Waals surface area contributed by atoms with Gasteiger partial charge in [-0.25, -0.2) is 0 Å². The highest BCUT2D eigenvalue weighted by Crippen LogP contribution is 2.31. The van der Waals surface area contributed by atoms with Gasteiger partial charge in [0, 0.05) is 5.56 Å². The summed E-state index contributed by atoms with van der Waals surface area (Å²) in [5, 5.41) is 0.511. The van der Waals surface area contributed by atoms with Crippen molar-refractivity contribution < 1.29 is 9.53 Å². The first-order chi connectivity index (χ1) is 6.29. The number of benzene rings is 1. The van der Waals surface area contributed by atoms with Crippen LogP contribution in [0.3, 0.4) is 0 Å². The van der Waals surface area contributed by atoms with E-state index < -0.39 is 0 Å². The van der Waals surface area contributed by atoms with E-state index in [1.165, 1.54) is 0 Å². The van der Waals surface area contributed by atoms with Crippen LogP contribution in [0.4, 0.5) is 0 Å². The largest absolute Gasteiger partial charge is 0.489 e. The van der Waals surface area contributed by atoms with Crippen molar-refractivity contribution in [3.05, 3.63) is 28.8 Å². The molecule has 0 radical (unpaired) electrons. The van der Waals surface area contributed by atoms with Crippen LogP contribution < -0.4 is 4.74 Å². The number of halogens is 1. The summed E-state index contributed by atoms with van der Waals surface area (Å²) >= 11 is 5.90. The minimum atomic E-state index is 0.333. The molecular weight excluding hydrogens is 188 g/mol. The molecule has 0 amide bonds. The van der Waals surface area contributed by atoms with E-state index in [-0.39, 0.29) is 0 Å². The molecule has 2 rings (SSSR count). The molecular formula is C10H9ClO2. The summed E-state index contributed by atoms with van der Waals surface area (Å²) in [6.07, 6.45) is 3.31. The number of carbonyl (C=O) groups is 1. The Morgan fingerprint density at radius 2 is 2.23 bits per heavy atom. The Kier molecular flexibility index (Phi) is 2.23. The molecule has 0 N–H and O–H groups in total. The summed E-state index contributed by atoms with van der Waals surface area (Å²) in [5.41, 5.74) is 0.577. The molecule has 1 aliphatic rings. The van der Waals surface area contributed by atoms with Gasteiger partial charge >= 0.3 is 0 Å². The number of rotatable bonds is 3. The van der Waals surface area contributed by atoms with Crippen molar-refractivity contribution in [2.24, 2.45) is 0 Å². The number of carbonyl (C=O) groups excluding carboxylic acids is 1. The van der Waals surface area contributed by atoms with E-state index in [2.05, 4.69) is 0 Å². The van der Waals surface area contributed by atoms with E-state index in [1.54, 1.807) is 18.2 Å². The summed E-state index contributed by atoms with van der Waals surface area (Å²) in [6.45, 7) is 0. The molecule has 3 heteroatoms. The van der Waals surface area contributed by atoms with Gasteiger partial charge in [0.1, 0.15) is 12.0 Å². The Bertz CT molecular complexity index is 332. The minimum Gasteiger partial charge on any atom is -0.489 e. The normalized spacial score (nSPS) is 15.5. The molecule has 0 unspecified atom stereocenters. The number of hydrogen-bond donors (Lipinski definition) is 0. The zero-order chi connectivity index (χ0) is 9.26. The first-order valence-corrected chi connectivity index (χ1v) is 4.59. The van der Waals surface area contributed by atoms with Crippen molar-refractivity contribution in [3.8, 4) is 5.75 Å². The number of aldehydes is 1. The van der Waals surface area contributed by atoms with E-state index in [0.29, 0.717) is 22.4 Å². The summed E-state index contributed by atoms with van der Waals surface area (Å²) in [5.74, 6) is 0.676. The van der Waals surface area contributed by atoms with Crippen LogP contribution in [0, 0.1) is 0 Å². The van der Waals surface area contributed by atoms with E-state index in [1.807, 2.05) is 0 Å². The molecule has 0 heterocycles. The van der Waals surface area contributed by atoms with Gasteiger partial charge in [-0.1, -0.05) is 11.6 Å². The highest BCUT2D eigenvalue weighted by molar-refractivity contribution is 6.32. The average Bonchev–Trinajstić information content (AvgIpc) is 2.92. The van der Waals surface area contributed by atoms with Crippen molar-refractivity contribution in [2.75, 3.05) is 0 Å².